The average Bonchev–Trinajstić information content (AvgIpc) is 1.64. The van der Waals surface area contributed by atoms with E-state index >= 15 is 0 Å². The third-order valence-corrected chi connectivity index (χ3v) is 23.1. The van der Waals surface area contributed by atoms with Gasteiger partial charge < -0.3 is 4.42 Å². The molecule has 434 valence electrons. The topological polar surface area (TPSA) is 98.4 Å². The molecule has 7 heterocycles. The maximum Gasteiger partial charge on any atom is 0.235 e. The predicted molar refractivity (Wildman–Crippen MR) is 378 cm³/mol. The van der Waals surface area contributed by atoms with E-state index in [1.165, 1.54) is 44.5 Å². The number of rotatable bonds is 4. The van der Waals surface area contributed by atoms with Crippen molar-refractivity contribution in [3.8, 4) is 85.0 Å². The third kappa shape index (κ3) is 6.72. The van der Waals surface area contributed by atoms with E-state index in [-0.39, 0.29) is 10.8 Å². The first-order valence-electron chi connectivity index (χ1n) is 31.6. The number of hydrogen-bond donors (Lipinski definition) is 0. The van der Waals surface area contributed by atoms with Crippen molar-refractivity contribution < 1.29 is 4.42 Å². The lowest BCUT2D eigenvalue weighted by atomic mass is 9.82. The van der Waals surface area contributed by atoms with E-state index in [1.807, 2.05) is 12.1 Å². The molecule has 0 unspecified atom stereocenters. The largest absolute Gasteiger partial charge is 0.454 e. The van der Waals surface area contributed by atoms with E-state index in [4.69, 9.17) is 24.4 Å². The highest BCUT2D eigenvalue weighted by Gasteiger charge is 2.40. The third-order valence-electron chi connectivity index (χ3n) is 20.8. The minimum absolute atomic E-state index is 0.261. The molecule has 5 aromatic heterocycles. The second kappa shape index (κ2) is 18.1. The molecule has 21 rings (SSSR count). The molecular formula is C83H49N7OS2. The molecule has 0 saturated heterocycles. The zero-order valence-corrected chi connectivity index (χ0v) is 52.4. The standard InChI is InChI=1S/C83H49N7OS2/c1-82(2)59-27-13-8-21-46(59)54-38-56-57-39-55-47-22-9-14-28-60(47)83(3,4)62(55)41-65(57)89(64(56)40-61(54)82)80-85-73-44(42-84)37-58(79-72(73)76(88-80)52-25-12-17-32-68(52)93-79)49-26-18-29-63-70(49)53-34-33-50-48-23-10-15-30-66(48)91-78(50)77(53)90(63)81-86-74-45(43-19-6-5-7-20-43)35-36-69-71(74)75(87-81)51-24-11-16-31-67(51)92-69/h5-41H,1-4H3. The monoisotopic (exact) mass is 1220 g/mol. The molecular weight excluding hydrogens is 1180 g/mol. The molecule has 0 fully saturated rings. The quantitative estimate of drug-likeness (QED) is 0.172. The van der Waals surface area contributed by atoms with Crippen LogP contribution < -0.4 is 0 Å². The van der Waals surface area contributed by atoms with Gasteiger partial charge in [-0.05, 0) is 128 Å². The number of nitrogens with zero attached hydrogens (tertiary/aromatic N) is 7. The fourth-order valence-electron chi connectivity index (χ4n) is 16.5. The van der Waals surface area contributed by atoms with Crippen molar-refractivity contribution in [3.63, 3.8) is 0 Å². The van der Waals surface area contributed by atoms with E-state index in [0.29, 0.717) is 23.0 Å². The normalized spacial score (nSPS) is 14.3. The highest BCUT2D eigenvalue weighted by Crippen LogP contribution is 2.58. The Hall–Kier alpha value is -11.1. The van der Waals surface area contributed by atoms with Crippen LogP contribution in [0.3, 0.4) is 0 Å². The Morgan fingerprint density at radius 1 is 0.387 bits per heavy atom. The van der Waals surface area contributed by atoms with Crippen molar-refractivity contribution in [1.29, 1.82) is 5.26 Å². The summed E-state index contributed by atoms with van der Waals surface area (Å²) in [5, 5.41) is 20.0. The Kier molecular flexibility index (Phi) is 10.1. The van der Waals surface area contributed by atoms with Crippen LogP contribution in [-0.2, 0) is 10.8 Å². The predicted octanol–water partition coefficient (Wildman–Crippen LogP) is 21.7. The van der Waals surface area contributed by atoms with E-state index < -0.39 is 0 Å². The summed E-state index contributed by atoms with van der Waals surface area (Å²) in [7, 11) is 0. The average molecular weight is 1220 g/mol. The van der Waals surface area contributed by atoms with E-state index in [2.05, 4.69) is 255 Å². The van der Waals surface area contributed by atoms with Crippen molar-refractivity contribution >= 4 is 111 Å². The summed E-state index contributed by atoms with van der Waals surface area (Å²) >= 11 is 3.49. The van der Waals surface area contributed by atoms with Crippen molar-refractivity contribution in [1.82, 2.24) is 29.1 Å². The molecule has 10 heteroatoms. The van der Waals surface area contributed by atoms with Crippen LogP contribution in [0.4, 0.5) is 0 Å². The van der Waals surface area contributed by atoms with Crippen LogP contribution in [0.25, 0.3) is 166 Å². The summed E-state index contributed by atoms with van der Waals surface area (Å²) < 4.78 is 11.6. The lowest BCUT2D eigenvalue weighted by molar-refractivity contribution is 0.660. The van der Waals surface area contributed by atoms with E-state index in [9.17, 15) is 5.26 Å². The fourth-order valence-corrected chi connectivity index (χ4v) is 18.8. The van der Waals surface area contributed by atoms with Crippen LogP contribution in [0, 0.1) is 11.3 Å². The summed E-state index contributed by atoms with van der Waals surface area (Å²) in [5.74, 6) is 1.05. The SMILES string of the molecule is CC1(C)c2ccccc2-c2cc3c4cc5c(cc4n(-c4nc6c7c(c(-c8cccc9c8c8ccc%10c%11ccccc%11oc%10c8n9-c8nc9c%10c(ccc(-c%11ccccc%11)c%10n8)Sc8ccccc8-9)cc(C#N)c7n4)Sc4ccccc4-6)c3cc21)C(C)(C)c1ccccc1-5. The van der Waals surface area contributed by atoms with Crippen LogP contribution in [0.5, 0.6) is 0 Å². The van der Waals surface area contributed by atoms with Crippen LogP contribution in [-0.4, -0.2) is 29.1 Å². The lowest BCUT2D eigenvalue weighted by Crippen LogP contribution is -2.15. The maximum atomic E-state index is 11.8. The molecule has 12 aromatic carbocycles. The molecule has 2 aliphatic heterocycles. The van der Waals surface area contributed by atoms with Gasteiger partial charge in [-0.3, -0.25) is 9.13 Å². The summed E-state index contributed by atoms with van der Waals surface area (Å²) in [6.45, 7) is 9.37. The molecule has 17 aromatic rings. The van der Waals surface area contributed by atoms with Gasteiger partial charge in [0.1, 0.15) is 17.2 Å². The molecule has 0 radical (unpaired) electrons. The number of furan rings is 1. The molecule has 8 nitrogen and oxygen atoms in total. The molecule has 4 aliphatic rings. The van der Waals surface area contributed by atoms with Crippen LogP contribution in [0.2, 0.25) is 0 Å². The zero-order chi connectivity index (χ0) is 61.5. The molecule has 0 atom stereocenters. The highest BCUT2D eigenvalue weighted by atomic mass is 32.2. The van der Waals surface area contributed by atoms with Crippen molar-refractivity contribution in [2.45, 2.75) is 58.1 Å². The van der Waals surface area contributed by atoms with Crippen LogP contribution in [0.15, 0.2) is 248 Å². The number of aromatic nitrogens is 6. The Balaban J connectivity index is 0.853. The summed E-state index contributed by atoms with van der Waals surface area (Å²) in [5.41, 5.74) is 24.7. The molecule has 0 saturated carbocycles. The lowest BCUT2D eigenvalue weighted by Gasteiger charge is -2.24. The van der Waals surface area contributed by atoms with E-state index in [0.717, 1.165) is 146 Å². The number of para-hydroxylation sites is 1. The Morgan fingerprint density at radius 2 is 0.968 bits per heavy atom. The van der Waals surface area contributed by atoms with Crippen molar-refractivity contribution in [3.05, 3.63) is 252 Å². The van der Waals surface area contributed by atoms with Crippen molar-refractivity contribution in [2.75, 3.05) is 0 Å². The first kappa shape index (κ1) is 51.6. The number of hydrogen-bond acceptors (Lipinski definition) is 8. The highest BCUT2D eigenvalue weighted by molar-refractivity contribution is 8.00. The second-order valence-corrected chi connectivity index (χ2v) is 28.4. The van der Waals surface area contributed by atoms with Gasteiger partial charge in [0.2, 0.25) is 11.9 Å². The van der Waals surface area contributed by atoms with E-state index in [1.54, 1.807) is 23.5 Å². The van der Waals surface area contributed by atoms with Gasteiger partial charge in [-0.25, -0.2) is 19.9 Å². The fraction of sp³-hybridized carbons (Fsp3) is 0.0723. The smallest absolute Gasteiger partial charge is 0.235 e. The number of fused-ring (bicyclic) bond motifs is 20. The maximum absolute atomic E-state index is 11.8. The van der Waals surface area contributed by atoms with Gasteiger partial charge in [-0.1, -0.05) is 209 Å². The Bertz CT molecular complexity index is 6280. The molecule has 0 bridgehead atoms. The Labute approximate surface area is 541 Å². The molecule has 0 amide bonds. The summed E-state index contributed by atoms with van der Waals surface area (Å²) in [4.78, 5) is 27.4. The first-order chi connectivity index (χ1) is 45.6. The van der Waals surface area contributed by atoms with Crippen LogP contribution >= 0.6 is 23.5 Å². The van der Waals surface area contributed by atoms with Crippen molar-refractivity contribution in [2.24, 2.45) is 0 Å². The van der Waals surface area contributed by atoms with Gasteiger partial charge in [0.25, 0.3) is 0 Å². The molecule has 2 aliphatic carbocycles. The molecule has 93 heavy (non-hydrogen) atoms. The van der Waals surface area contributed by atoms with Crippen LogP contribution in [0.1, 0.15) is 55.5 Å². The van der Waals surface area contributed by atoms with Gasteiger partial charge >= 0.3 is 0 Å². The number of benzene rings is 12. The molecule has 0 N–H and O–H groups in total. The van der Waals surface area contributed by atoms with Gasteiger partial charge in [-0.15, -0.1) is 0 Å². The second-order valence-electron chi connectivity index (χ2n) is 26.3. The number of nitriles is 1. The van der Waals surface area contributed by atoms with Gasteiger partial charge in [0, 0.05) is 90.2 Å². The minimum atomic E-state index is -0.261. The van der Waals surface area contributed by atoms with Gasteiger partial charge in [-0.2, -0.15) is 5.26 Å². The minimum Gasteiger partial charge on any atom is -0.454 e. The van der Waals surface area contributed by atoms with Gasteiger partial charge in [0.05, 0.1) is 44.5 Å². The zero-order valence-electron chi connectivity index (χ0n) is 50.7. The first-order valence-corrected chi connectivity index (χ1v) is 33.2. The Morgan fingerprint density at radius 3 is 1.67 bits per heavy atom. The summed E-state index contributed by atoms with van der Waals surface area (Å²) in [6.07, 6.45) is 0. The molecule has 0 spiro atoms. The van der Waals surface area contributed by atoms with Gasteiger partial charge in [0.15, 0.2) is 5.58 Å². The summed E-state index contributed by atoms with van der Waals surface area (Å²) in [6, 6.07) is 83.6.